The van der Waals surface area contributed by atoms with Crippen molar-refractivity contribution in [3.8, 4) is 0 Å². The maximum atomic E-state index is 12.3. The monoisotopic (exact) mass is 562 g/mol. The van der Waals surface area contributed by atoms with E-state index in [4.69, 9.17) is 4.74 Å². The molecule has 214 valence electrons. The van der Waals surface area contributed by atoms with Gasteiger partial charge in [-0.05, 0) is 44.4 Å². The van der Waals surface area contributed by atoms with Crippen LogP contribution in [0.5, 0.6) is 0 Å². The van der Waals surface area contributed by atoms with Crippen molar-refractivity contribution in [3.05, 3.63) is 0 Å². The van der Waals surface area contributed by atoms with E-state index in [0.29, 0.717) is 6.42 Å². The molecular formula is C32H67BrO2. The molecule has 0 atom stereocenters. The van der Waals surface area contributed by atoms with Gasteiger partial charge in [0.15, 0.2) is 0 Å². The molecule has 0 N–H and O–H groups in total. The summed E-state index contributed by atoms with van der Waals surface area (Å²) in [6, 6.07) is 0. The van der Waals surface area contributed by atoms with E-state index in [2.05, 4.69) is 64.4 Å². The number of halogens is 1. The van der Waals surface area contributed by atoms with Gasteiger partial charge in [0.25, 0.3) is 0 Å². The van der Waals surface area contributed by atoms with E-state index >= 15 is 0 Å². The van der Waals surface area contributed by atoms with Crippen LogP contribution in [0.4, 0.5) is 0 Å². The summed E-state index contributed by atoms with van der Waals surface area (Å²) in [5, 5.41) is 1.09. The van der Waals surface area contributed by atoms with E-state index in [0.717, 1.165) is 36.9 Å². The standard InChI is InChI=1S/C25H49BrO2.C4H10.C3H8/c1-3-5-7-9-12-16-20-24(21-17-13-10-8-6-4-2)28-25(27)22-18-14-11-15-19-23-26;1-4(2)3;1-3-2/h24H,3-23H2,1-2H3;4H,1-3H3;3H2,1-2H3. The van der Waals surface area contributed by atoms with Crippen molar-refractivity contribution < 1.29 is 9.53 Å². The lowest BCUT2D eigenvalue weighted by molar-refractivity contribution is -0.150. The summed E-state index contributed by atoms with van der Waals surface area (Å²) in [4.78, 5) is 12.3. The Morgan fingerprint density at radius 1 is 0.600 bits per heavy atom. The van der Waals surface area contributed by atoms with E-state index in [-0.39, 0.29) is 12.1 Å². The summed E-state index contributed by atoms with van der Waals surface area (Å²) in [7, 11) is 0. The second-order valence-corrected chi connectivity index (χ2v) is 11.7. The molecule has 2 nitrogen and oxygen atoms in total. The first-order valence-electron chi connectivity index (χ1n) is 15.6. The van der Waals surface area contributed by atoms with Gasteiger partial charge in [0.05, 0.1) is 0 Å². The highest BCUT2D eigenvalue weighted by atomic mass is 79.9. The lowest BCUT2D eigenvalue weighted by Crippen LogP contribution is -2.18. The third-order valence-corrected chi connectivity index (χ3v) is 6.13. The van der Waals surface area contributed by atoms with Gasteiger partial charge in [-0.15, -0.1) is 0 Å². The molecule has 0 spiro atoms. The van der Waals surface area contributed by atoms with Crippen LogP contribution in [0.15, 0.2) is 0 Å². The van der Waals surface area contributed by atoms with E-state index < -0.39 is 0 Å². The predicted molar refractivity (Wildman–Crippen MR) is 164 cm³/mol. The Bertz CT molecular complexity index is 352. The molecule has 0 aromatic heterocycles. The molecule has 35 heavy (non-hydrogen) atoms. The van der Waals surface area contributed by atoms with Gasteiger partial charge in [0, 0.05) is 11.8 Å². The number of unbranched alkanes of at least 4 members (excludes halogenated alkanes) is 14. The molecule has 0 aliphatic heterocycles. The van der Waals surface area contributed by atoms with E-state index in [9.17, 15) is 4.79 Å². The van der Waals surface area contributed by atoms with Gasteiger partial charge in [-0.3, -0.25) is 4.79 Å². The van der Waals surface area contributed by atoms with Crippen LogP contribution in [-0.2, 0) is 9.53 Å². The summed E-state index contributed by atoms with van der Waals surface area (Å²) in [5.74, 6) is 0.877. The molecule has 0 bridgehead atoms. The number of carbonyl (C=O) groups excluding carboxylic acids is 1. The highest BCUT2D eigenvalue weighted by Crippen LogP contribution is 2.18. The van der Waals surface area contributed by atoms with Gasteiger partial charge in [0.2, 0.25) is 0 Å². The van der Waals surface area contributed by atoms with E-state index in [1.165, 1.54) is 103 Å². The molecule has 0 saturated heterocycles. The maximum Gasteiger partial charge on any atom is 0.306 e. The minimum atomic E-state index is 0.0439. The molecule has 0 aliphatic rings. The normalized spacial score (nSPS) is 10.6. The number of hydrogen-bond acceptors (Lipinski definition) is 2. The number of alkyl halides is 1. The third-order valence-electron chi connectivity index (χ3n) is 5.57. The lowest BCUT2D eigenvalue weighted by atomic mass is 10.0. The van der Waals surface area contributed by atoms with Gasteiger partial charge in [-0.2, -0.15) is 0 Å². The minimum absolute atomic E-state index is 0.0439. The van der Waals surface area contributed by atoms with Crippen molar-refractivity contribution in [1.29, 1.82) is 0 Å². The Balaban J connectivity index is -0.00000129. The zero-order valence-corrected chi connectivity index (χ0v) is 27.0. The van der Waals surface area contributed by atoms with E-state index in [1.54, 1.807) is 0 Å². The second kappa shape index (κ2) is 36.1. The van der Waals surface area contributed by atoms with E-state index in [1.807, 2.05) is 0 Å². The molecule has 0 aliphatic carbocycles. The lowest BCUT2D eigenvalue weighted by Gasteiger charge is -2.18. The summed E-state index contributed by atoms with van der Waals surface area (Å²) in [6.07, 6.45) is 25.7. The van der Waals surface area contributed by atoms with Crippen molar-refractivity contribution >= 4 is 21.9 Å². The Morgan fingerprint density at radius 3 is 1.34 bits per heavy atom. The Hall–Kier alpha value is -0.0500. The number of rotatable bonds is 22. The van der Waals surface area contributed by atoms with Crippen LogP contribution < -0.4 is 0 Å². The van der Waals surface area contributed by atoms with Crippen molar-refractivity contribution in [2.45, 2.75) is 189 Å². The zero-order valence-electron chi connectivity index (χ0n) is 25.4. The molecule has 0 amide bonds. The smallest absolute Gasteiger partial charge is 0.306 e. The van der Waals surface area contributed by atoms with Crippen molar-refractivity contribution in [2.75, 3.05) is 5.33 Å². The van der Waals surface area contributed by atoms with Crippen molar-refractivity contribution in [3.63, 3.8) is 0 Å². The highest BCUT2D eigenvalue weighted by molar-refractivity contribution is 9.09. The van der Waals surface area contributed by atoms with Crippen LogP contribution in [-0.4, -0.2) is 17.4 Å². The summed E-state index contributed by atoms with van der Waals surface area (Å²) < 4.78 is 5.89. The van der Waals surface area contributed by atoms with Gasteiger partial charge in [-0.25, -0.2) is 0 Å². The largest absolute Gasteiger partial charge is 0.462 e. The molecular weight excluding hydrogens is 496 g/mol. The van der Waals surface area contributed by atoms with Crippen LogP contribution in [0, 0.1) is 5.92 Å². The highest BCUT2D eigenvalue weighted by Gasteiger charge is 2.14. The summed E-state index contributed by atoms with van der Waals surface area (Å²) in [5.41, 5.74) is 0. The van der Waals surface area contributed by atoms with Gasteiger partial charge < -0.3 is 4.74 Å². The minimum Gasteiger partial charge on any atom is -0.462 e. The first-order chi connectivity index (χ1) is 16.9. The van der Waals surface area contributed by atoms with Crippen molar-refractivity contribution in [1.82, 2.24) is 0 Å². The summed E-state index contributed by atoms with van der Waals surface area (Å²) in [6.45, 7) is 15.3. The van der Waals surface area contributed by atoms with Gasteiger partial charge in [-0.1, -0.05) is 154 Å². The first kappa shape index (κ1) is 39.5. The number of carbonyl (C=O) groups is 1. The average Bonchev–Trinajstić information content (AvgIpc) is 2.80. The molecule has 0 unspecified atom stereocenters. The van der Waals surface area contributed by atoms with Crippen LogP contribution in [0.2, 0.25) is 0 Å². The van der Waals surface area contributed by atoms with Crippen molar-refractivity contribution in [2.24, 2.45) is 5.92 Å². The van der Waals surface area contributed by atoms with Crippen LogP contribution in [0.3, 0.4) is 0 Å². The Morgan fingerprint density at radius 2 is 0.943 bits per heavy atom. The number of esters is 1. The quantitative estimate of drug-likeness (QED) is 0.0744. The molecule has 3 heteroatoms. The predicted octanol–water partition coefficient (Wildman–Crippen LogP) is 12.2. The topological polar surface area (TPSA) is 26.3 Å². The maximum absolute atomic E-state index is 12.3. The molecule has 0 radical (unpaired) electrons. The SMILES string of the molecule is CC(C)C.CCC.CCCCCCCCC(CCCCCCCC)OC(=O)CCCCCCCBr. The molecule has 0 aromatic rings. The van der Waals surface area contributed by atoms with Crippen LogP contribution >= 0.6 is 15.9 Å². The fourth-order valence-electron chi connectivity index (χ4n) is 3.71. The molecule has 0 aromatic carbocycles. The first-order valence-corrected chi connectivity index (χ1v) is 16.8. The third kappa shape index (κ3) is 44.4. The van der Waals surface area contributed by atoms with Gasteiger partial charge in [0.1, 0.15) is 6.10 Å². The molecule has 0 heterocycles. The molecule has 0 fully saturated rings. The summed E-state index contributed by atoms with van der Waals surface area (Å²) >= 11 is 3.47. The fourth-order valence-corrected chi connectivity index (χ4v) is 4.10. The Labute approximate surface area is 231 Å². The van der Waals surface area contributed by atoms with Crippen LogP contribution in [0.1, 0.15) is 183 Å². The molecule has 0 saturated carbocycles. The molecule has 0 rings (SSSR count). The van der Waals surface area contributed by atoms with Crippen LogP contribution in [0.25, 0.3) is 0 Å². The Kier molecular flexibility index (Phi) is 40.7. The number of hydrogen-bond donors (Lipinski definition) is 0. The zero-order chi connectivity index (χ0) is 27.0. The second-order valence-electron chi connectivity index (χ2n) is 10.9. The van der Waals surface area contributed by atoms with Gasteiger partial charge >= 0.3 is 5.97 Å². The average molecular weight is 564 g/mol. The number of ether oxygens (including phenoxy) is 1. The fraction of sp³-hybridized carbons (Fsp3) is 0.969.